The van der Waals surface area contributed by atoms with Crippen LogP contribution in [0.25, 0.3) is 123 Å². The van der Waals surface area contributed by atoms with Crippen molar-refractivity contribution in [3.8, 4) is 78.7 Å². The lowest BCUT2D eigenvalue weighted by Gasteiger charge is -2.11. The Bertz CT molecular complexity index is 3600. The molecule has 6 nitrogen and oxygen atoms in total. The van der Waals surface area contributed by atoms with Gasteiger partial charge in [0.2, 0.25) is 0 Å². The van der Waals surface area contributed by atoms with Gasteiger partial charge in [0.25, 0.3) is 0 Å². The third-order valence-electron chi connectivity index (χ3n) is 11.7. The second-order valence-corrected chi connectivity index (χ2v) is 15.4. The first-order valence-corrected chi connectivity index (χ1v) is 20.6. The zero-order chi connectivity index (χ0) is 41.0. The number of para-hydroxylation sites is 2. The van der Waals surface area contributed by atoms with E-state index in [4.69, 9.17) is 18.8 Å². The first-order chi connectivity index (χ1) is 30.7. The average molecular weight is 795 g/mol. The van der Waals surface area contributed by atoms with E-state index in [2.05, 4.69) is 113 Å². The maximum absolute atomic E-state index is 6.69. The van der Waals surface area contributed by atoms with E-state index < -0.39 is 0 Å². The Kier molecular flexibility index (Phi) is 8.38. The molecule has 0 unspecified atom stereocenters. The van der Waals surface area contributed by atoms with Crippen LogP contribution in [0.2, 0.25) is 0 Å². The van der Waals surface area contributed by atoms with Gasteiger partial charge in [-0.2, -0.15) is 0 Å². The molecule has 0 atom stereocenters. The van der Waals surface area contributed by atoms with E-state index in [9.17, 15) is 0 Å². The zero-order valence-corrected chi connectivity index (χ0v) is 33.2. The largest absolute Gasteiger partial charge is 0.456 e. The van der Waals surface area contributed by atoms with Gasteiger partial charge in [-0.15, -0.1) is 0 Å². The summed E-state index contributed by atoms with van der Waals surface area (Å²) in [7, 11) is 0. The van der Waals surface area contributed by atoms with Gasteiger partial charge >= 0.3 is 0 Å². The van der Waals surface area contributed by atoms with Crippen molar-refractivity contribution in [1.82, 2.24) is 19.9 Å². The first-order valence-electron chi connectivity index (χ1n) is 20.6. The van der Waals surface area contributed by atoms with Crippen molar-refractivity contribution >= 4 is 43.9 Å². The molecule has 4 heterocycles. The highest BCUT2D eigenvalue weighted by Crippen LogP contribution is 2.43. The third-order valence-corrected chi connectivity index (χ3v) is 11.7. The van der Waals surface area contributed by atoms with Crippen molar-refractivity contribution in [3.05, 3.63) is 207 Å². The molecular formula is C56H34N4O2. The molecule has 0 aliphatic rings. The Labute approximate surface area is 356 Å². The van der Waals surface area contributed by atoms with Crippen LogP contribution >= 0.6 is 0 Å². The molecule has 0 bridgehead atoms. The molecule has 0 aliphatic carbocycles. The molecule has 0 amide bonds. The van der Waals surface area contributed by atoms with Gasteiger partial charge in [-0.1, -0.05) is 158 Å². The van der Waals surface area contributed by atoms with E-state index in [1.807, 2.05) is 103 Å². The molecular weight excluding hydrogens is 761 g/mol. The van der Waals surface area contributed by atoms with Crippen LogP contribution in [0.3, 0.4) is 0 Å². The van der Waals surface area contributed by atoms with E-state index in [1.165, 1.54) is 0 Å². The van der Waals surface area contributed by atoms with Crippen molar-refractivity contribution in [1.29, 1.82) is 0 Å². The summed E-state index contributed by atoms with van der Waals surface area (Å²) in [5, 5.41) is 4.37. The van der Waals surface area contributed by atoms with Crippen molar-refractivity contribution in [3.63, 3.8) is 0 Å². The summed E-state index contributed by atoms with van der Waals surface area (Å²) in [5.41, 5.74) is 15.2. The minimum atomic E-state index is 0.637. The molecule has 8 aromatic carbocycles. The van der Waals surface area contributed by atoms with Crippen LogP contribution < -0.4 is 0 Å². The van der Waals surface area contributed by atoms with Crippen molar-refractivity contribution in [2.75, 3.05) is 0 Å². The summed E-state index contributed by atoms with van der Waals surface area (Å²) in [6.45, 7) is 0. The lowest BCUT2D eigenvalue weighted by atomic mass is 9.93. The predicted octanol–water partition coefficient (Wildman–Crippen LogP) is 14.7. The third kappa shape index (κ3) is 6.21. The number of furan rings is 2. The number of rotatable bonds is 7. The highest BCUT2D eigenvalue weighted by atomic mass is 16.3. The van der Waals surface area contributed by atoms with Gasteiger partial charge in [-0.25, -0.2) is 19.9 Å². The number of hydrogen-bond donors (Lipinski definition) is 0. The Morgan fingerprint density at radius 1 is 0.306 bits per heavy atom. The molecule has 0 saturated heterocycles. The summed E-state index contributed by atoms with van der Waals surface area (Å²) < 4.78 is 13.0. The summed E-state index contributed by atoms with van der Waals surface area (Å²) in [6, 6.07) is 66.5. The number of hydrogen-bond acceptors (Lipinski definition) is 6. The molecule has 290 valence electrons. The quantitative estimate of drug-likeness (QED) is 0.160. The molecule has 0 aliphatic heterocycles. The standard InChI is InChI=1S/C56H34N4O2/c1-3-11-35(12-4-1)42-33-57-55(58-34-42)39-23-25-40(26-24-39)56-59-48(37-13-5-2-6-14-37)32-49(60-56)38-21-19-36(20-22-38)44-30-29-43(53-47-16-8-10-18-51(47)62-54(44)53)41-27-28-46-45-15-7-9-17-50(45)61-52(46)31-41/h1-34H. The van der Waals surface area contributed by atoms with Crippen LogP contribution in [0.1, 0.15) is 0 Å². The minimum absolute atomic E-state index is 0.637. The molecule has 12 aromatic rings. The maximum atomic E-state index is 6.69. The topological polar surface area (TPSA) is 77.8 Å². The van der Waals surface area contributed by atoms with Crippen molar-refractivity contribution < 1.29 is 8.83 Å². The van der Waals surface area contributed by atoms with Gasteiger partial charge in [-0.05, 0) is 58.7 Å². The van der Waals surface area contributed by atoms with Crippen molar-refractivity contribution in [2.24, 2.45) is 0 Å². The van der Waals surface area contributed by atoms with Crippen LogP contribution in [-0.2, 0) is 0 Å². The fourth-order valence-electron chi connectivity index (χ4n) is 8.52. The lowest BCUT2D eigenvalue weighted by molar-refractivity contribution is 0.668. The normalized spacial score (nSPS) is 11.5. The maximum Gasteiger partial charge on any atom is 0.160 e. The minimum Gasteiger partial charge on any atom is -0.456 e. The van der Waals surface area contributed by atoms with E-state index in [0.29, 0.717) is 11.6 Å². The van der Waals surface area contributed by atoms with E-state index in [-0.39, 0.29) is 0 Å². The molecule has 12 rings (SSSR count). The number of aromatic nitrogens is 4. The van der Waals surface area contributed by atoms with E-state index in [1.54, 1.807) is 0 Å². The van der Waals surface area contributed by atoms with Gasteiger partial charge in [0.05, 0.1) is 11.4 Å². The van der Waals surface area contributed by atoms with Crippen LogP contribution in [0.5, 0.6) is 0 Å². The number of benzene rings is 8. The molecule has 6 heteroatoms. The van der Waals surface area contributed by atoms with Gasteiger partial charge < -0.3 is 8.83 Å². The lowest BCUT2D eigenvalue weighted by Crippen LogP contribution is -1.96. The molecule has 0 spiro atoms. The molecule has 0 saturated carbocycles. The summed E-state index contributed by atoms with van der Waals surface area (Å²) in [5.74, 6) is 1.30. The fourth-order valence-corrected chi connectivity index (χ4v) is 8.52. The van der Waals surface area contributed by atoms with Crippen LogP contribution in [0, 0.1) is 0 Å². The summed E-state index contributed by atoms with van der Waals surface area (Å²) >= 11 is 0. The Balaban J connectivity index is 0.904. The first kappa shape index (κ1) is 35.5. The molecule has 62 heavy (non-hydrogen) atoms. The van der Waals surface area contributed by atoms with E-state index in [0.717, 1.165) is 111 Å². The average Bonchev–Trinajstić information content (AvgIpc) is 3.93. The predicted molar refractivity (Wildman–Crippen MR) is 250 cm³/mol. The fraction of sp³-hybridized carbons (Fsp3) is 0. The van der Waals surface area contributed by atoms with Gasteiger partial charge in [0.1, 0.15) is 22.3 Å². The van der Waals surface area contributed by atoms with Crippen molar-refractivity contribution in [2.45, 2.75) is 0 Å². The Hall–Kier alpha value is -8.48. The van der Waals surface area contributed by atoms with Gasteiger partial charge in [-0.3, -0.25) is 0 Å². The second-order valence-electron chi connectivity index (χ2n) is 15.4. The molecule has 0 radical (unpaired) electrons. The number of fused-ring (bicyclic) bond motifs is 6. The summed E-state index contributed by atoms with van der Waals surface area (Å²) in [6.07, 6.45) is 3.74. The van der Waals surface area contributed by atoms with Gasteiger partial charge in [0.15, 0.2) is 11.6 Å². The second kappa shape index (κ2) is 14.7. The summed E-state index contributed by atoms with van der Waals surface area (Å²) in [4.78, 5) is 19.6. The Morgan fingerprint density at radius 2 is 0.823 bits per heavy atom. The van der Waals surface area contributed by atoms with Crippen LogP contribution in [0.15, 0.2) is 215 Å². The Morgan fingerprint density at radius 3 is 1.53 bits per heavy atom. The highest BCUT2D eigenvalue weighted by molar-refractivity contribution is 6.17. The number of nitrogens with zero attached hydrogens (tertiary/aromatic N) is 4. The SMILES string of the molecule is c1ccc(-c2cnc(-c3ccc(-c4nc(-c5ccccc5)cc(-c5ccc(-c6ccc(-c7ccc8c(c7)oc7ccccc78)c7c6oc6ccccc67)cc5)n4)cc3)nc2)cc1. The van der Waals surface area contributed by atoms with Crippen LogP contribution in [-0.4, -0.2) is 19.9 Å². The monoisotopic (exact) mass is 794 g/mol. The smallest absolute Gasteiger partial charge is 0.160 e. The van der Waals surface area contributed by atoms with E-state index >= 15 is 0 Å². The highest BCUT2D eigenvalue weighted by Gasteiger charge is 2.19. The molecule has 4 aromatic heterocycles. The molecule has 0 fully saturated rings. The van der Waals surface area contributed by atoms with Crippen LogP contribution in [0.4, 0.5) is 0 Å². The zero-order valence-electron chi connectivity index (χ0n) is 33.2. The molecule has 0 N–H and O–H groups in total. The van der Waals surface area contributed by atoms with Gasteiger partial charge in [0, 0.05) is 67.3 Å².